The van der Waals surface area contributed by atoms with Gasteiger partial charge in [0.25, 0.3) is 17.5 Å². The van der Waals surface area contributed by atoms with Gasteiger partial charge >= 0.3 is 5.97 Å². The molecular formula is C20H20N4O6S. The molecule has 1 heterocycles. The lowest BCUT2D eigenvalue weighted by Crippen LogP contribution is -2.22. The predicted molar refractivity (Wildman–Crippen MR) is 114 cm³/mol. The van der Waals surface area contributed by atoms with Gasteiger partial charge < -0.3 is 21.1 Å². The molecule has 2 aliphatic carbocycles. The first-order valence-corrected chi connectivity index (χ1v) is 10.6. The maximum atomic E-state index is 12.3. The van der Waals surface area contributed by atoms with Crippen molar-refractivity contribution in [3.05, 3.63) is 49.9 Å². The molecular weight excluding hydrogens is 424 g/mol. The van der Waals surface area contributed by atoms with Crippen molar-refractivity contribution in [3.63, 3.8) is 0 Å². The third kappa shape index (κ3) is 4.50. The Morgan fingerprint density at radius 1 is 1.26 bits per heavy atom. The lowest BCUT2D eigenvalue weighted by Gasteiger charge is -2.09. The predicted octanol–water partition coefficient (Wildman–Crippen LogP) is 2.61. The van der Waals surface area contributed by atoms with Gasteiger partial charge in [0.05, 0.1) is 16.1 Å². The number of nitrogens with one attached hydrogen (secondary N) is 2. The number of esters is 1. The normalized spacial score (nSPS) is 14.6. The number of carbonyl (C=O) groups is 3. The summed E-state index contributed by atoms with van der Waals surface area (Å²) in [7, 11) is 0. The summed E-state index contributed by atoms with van der Waals surface area (Å²) in [5.74, 6) is -2.10. The Bertz CT molecular complexity index is 1090. The average molecular weight is 444 g/mol. The molecule has 0 radical (unpaired) electrons. The van der Waals surface area contributed by atoms with E-state index in [0.717, 1.165) is 48.6 Å². The van der Waals surface area contributed by atoms with Crippen molar-refractivity contribution in [2.45, 2.75) is 38.1 Å². The van der Waals surface area contributed by atoms with Crippen LogP contribution in [0.3, 0.4) is 0 Å². The fourth-order valence-electron chi connectivity index (χ4n) is 3.51. The zero-order valence-electron chi connectivity index (χ0n) is 16.4. The number of anilines is 2. The summed E-state index contributed by atoms with van der Waals surface area (Å²) in [5, 5.41) is 17.3. The molecule has 2 aliphatic rings. The molecule has 1 aromatic heterocycles. The number of nitrogens with two attached hydrogens (primary N) is 1. The van der Waals surface area contributed by atoms with Gasteiger partial charge in [0, 0.05) is 17.0 Å². The number of nitrogens with zero attached hydrogens (tertiary/aromatic N) is 1. The molecule has 10 nitrogen and oxygen atoms in total. The number of ether oxygens (including phenoxy) is 1. The molecule has 1 aromatic carbocycles. The smallest absolute Gasteiger partial charge is 0.338 e. The minimum absolute atomic E-state index is 0.0335. The van der Waals surface area contributed by atoms with Gasteiger partial charge in [-0.15, -0.1) is 11.3 Å². The van der Waals surface area contributed by atoms with Crippen LogP contribution >= 0.6 is 11.3 Å². The van der Waals surface area contributed by atoms with Crippen LogP contribution in [0.2, 0.25) is 0 Å². The number of rotatable bonds is 8. The van der Waals surface area contributed by atoms with Crippen molar-refractivity contribution in [2.75, 3.05) is 17.2 Å². The van der Waals surface area contributed by atoms with Crippen LogP contribution in [-0.4, -0.2) is 35.4 Å². The molecule has 4 N–H and O–H groups in total. The van der Waals surface area contributed by atoms with Crippen molar-refractivity contribution in [1.82, 2.24) is 0 Å². The summed E-state index contributed by atoms with van der Waals surface area (Å²) in [6, 6.07) is 4.20. The number of aryl methyl sites for hydroxylation is 1. The molecule has 0 atom stereocenters. The first-order chi connectivity index (χ1) is 14.8. The molecule has 2 aromatic rings. The topological polar surface area (TPSA) is 154 Å². The van der Waals surface area contributed by atoms with Gasteiger partial charge in [-0.05, 0) is 49.8 Å². The van der Waals surface area contributed by atoms with Crippen LogP contribution in [0.1, 0.15) is 50.4 Å². The van der Waals surface area contributed by atoms with E-state index in [1.165, 1.54) is 23.5 Å². The van der Waals surface area contributed by atoms with Gasteiger partial charge in [0.15, 0.2) is 6.61 Å². The van der Waals surface area contributed by atoms with Gasteiger partial charge in [-0.1, -0.05) is 0 Å². The van der Waals surface area contributed by atoms with Crippen molar-refractivity contribution in [1.29, 1.82) is 0 Å². The van der Waals surface area contributed by atoms with E-state index in [9.17, 15) is 24.5 Å². The van der Waals surface area contributed by atoms with Crippen molar-refractivity contribution < 1.29 is 24.0 Å². The van der Waals surface area contributed by atoms with Crippen LogP contribution in [-0.2, 0) is 22.4 Å². The number of nitro groups is 1. The van der Waals surface area contributed by atoms with E-state index in [2.05, 4.69) is 10.6 Å². The quantitative estimate of drug-likeness (QED) is 0.321. The van der Waals surface area contributed by atoms with Gasteiger partial charge in [-0.2, -0.15) is 0 Å². The Balaban J connectivity index is 1.40. The van der Waals surface area contributed by atoms with Gasteiger partial charge in [-0.25, -0.2) is 4.79 Å². The monoisotopic (exact) mass is 444 g/mol. The number of nitro benzene ring substituents is 1. The number of fused-ring (bicyclic) bond motifs is 1. The molecule has 0 unspecified atom stereocenters. The van der Waals surface area contributed by atoms with E-state index in [1.807, 2.05) is 0 Å². The highest BCUT2D eigenvalue weighted by molar-refractivity contribution is 7.17. The number of hydrogen-bond acceptors (Lipinski definition) is 8. The van der Waals surface area contributed by atoms with Crippen molar-refractivity contribution in [2.24, 2.45) is 5.73 Å². The largest absolute Gasteiger partial charge is 0.452 e. The van der Waals surface area contributed by atoms with E-state index in [4.69, 9.17) is 10.5 Å². The molecule has 11 heteroatoms. The van der Waals surface area contributed by atoms with E-state index >= 15 is 0 Å². The van der Waals surface area contributed by atoms with Crippen LogP contribution in [0.25, 0.3) is 0 Å². The number of benzene rings is 1. The maximum Gasteiger partial charge on any atom is 0.338 e. The second-order valence-electron chi connectivity index (χ2n) is 7.46. The first-order valence-electron chi connectivity index (χ1n) is 9.79. The highest BCUT2D eigenvalue weighted by Gasteiger charge is 2.27. The highest BCUT2D eigenvalue weighted by atomic mass is 32.1. The minimum Gasteiger partial charge on any atom is -0.452 e. The molecule has 162 valence electrons. The fourth-order valence-corrected chi connectivity index (χ4v) is 4.82. The third-order valence-electron chi connectivity index (χ3n) is 5.12. The van der Waals surface area contributed by atoms with E-state index < -0.39 is 29.3 Å². The summed E-state index contributed by atoms with van der Waals surface area (Å²) in [6.07, 6.45) is 4.39. The number of thiophene rings is 1. The summed E-state index contributed by atoms with van der Waals surface area (Å²) in [4.78, 5) is 48.1. The first kappa shape index (κ1) is 20.8. The summed E-state index contributed by atoms with van der Waals surface area (Å²) >= 11 is 1.30. The van der Waals surface area contributed by atoms with E-state index in [-0.39, 0.29) is 17.3 Å². The lowest BCUT2D eigenvalue weighted by molar-refractivity contribution is -0.384. The Labute approximate surface area is 180 Å². The summed E-state index contributed by atoms with van der Waals surface area (Å²) < 4.78 is 5.00. The van der Waals surface area contributed by atoms with Crippen LogP contribution in [0, 0.1) is 10.1 Å². The third-order valence-corrected chi connectivity index (χ3v) is 6.33. The number of carbonyl (C=O) groups excluding carboxylic acids is 3. The fraction of sp³-hybridized carbons (Fsp3) is 0.350. The molecule has 1 fully saturated rings. The molecule has 2 amide bonds. The zero-order chi connectivity index (χ0) is 22.1. The van der Waals surface area contributed by atoms with Crippen LogP contribution in [0.5, 0.6) is 0 Å². The summed E-state index contributed by atoms with van der Waals surface area (Å²) in [5.41, 5.74) is 6.72. The van der Waals surface area contributed by atoms with Crippen molar-refractivity contribution >= 4 is 45.5 Å². The van der Waals surface area contributed by atoms with Gasteiger partial charge in [-0.3, -0.25) is 19.7 Å². The molecule has 0 spiro atoms. The van der Waals surface area contributed by atoms with Gasteiger partial charge in [0.2, 0.25) is 0 Å². The standard InChI is InChI=1S/C20H20N4O6S/c21-18(26)17-12-2-1-3-15(12)31-19(17)23-16(25)9-30-20(27)10-4-7-13(22-11-5-6-11)14(8-10)24(28)29/h4,7-8,11,22H,1-3,5-6,9H2,(H2,21,26)(H,23,25). The Hall–Kier alpha value is -3.47. The van der Waals surface area contributed by atoms with Crippen LogP contribution < -0.4 is 16.4 Å². The number of primary amides is 1. The minimum atomic E-state index is -0.861. The molecule has 0 aliphatic heterocycles. The highest BCUT2D eigenvalue weighted by Crippen LogP contribution is 2.38. The molecule has 1 saturated carbocycles. The second kappa shape index (κ2) is 8.34. The molecule has 4 rings (SSSR count). The summed E-state index contributed by atoms with van der Waals surface area (Å²) in [6.45, 7) is -0.602. The van der Waals surface area contributed by atoms with Gasteiger partial charge in [0.1, 0.15) is 10.7 Å². The SMILES string of the molecule is NC(=O)c1c(NC(=O)COC(=O)c2ccc(NC3CC3)c([N+](=O)[O-])c2)sc2c1CCC2. The Morgan fingerprint density at radius 2 is 2.03 bits per heavy atom. The van der Waals surface area contributed by atoms with Crippen LogP contribution in [0.15, 0.2) is 18.2 Å². The van der Waals surface area contributed by atoms with Crippen LogP contribution in [0.4, 0.5) is 16.4 Å². The van der Waals surface area contributed by atoms with E-state index in [1.54, 1.807) is 0 Å². The number of hydrogen-bond donors (Lipinski definition) is 3. The average Bonchev–Trinajstić information content (AvgIpc) is 3.31. The molecule has 0 saturated heterocycles. The molecule has 0 bridgehead atoms. The zero-order valence-corrected chi connectivity index (χ0v) is 17.3. The lowest BCUT2D eigenvalue weighted by atomic mass is 10.1. The van der Waals surface area contributed by atoms with E-state index in [0.29, 0.717) is 16.3 Å². The Kier molecular flexibility index (Phi) is 5.59. The Morgan fingerprint density at radius 3 is 2.71 bits per heavy atom. The van der Waals surface area contributed by atoms with Crippen molar-refractivity contribution in [3.8, 4) is 0 Å². The number of amides is 2. The molecule has 31 heavy (non-hydrogen) atoms. The second-order valence-corrected chi connectivity index (χ2v) is 8.56. The maximum absolute atomic E-state index is 12.3.